The molecule has 0 unspecified atom stereocenters. The van der Waals surface area contributed by atoms with Gasteiger partial charge < -0.3 is 10.2 Å². The number of carbonyl (C=O) groups is 1. The maximum atomic E-state index is 11.7. The van der Waals surface area contributed by atoms with Crippen LogP contribution in [-0.4, -0.2) is 28.4 Å². The number of likely N-dealkylation sites (tertiary alicyclic amines) is 1. The fourth-order valence-electron chi connectivity index (χ4n) is 2.61. The average Bonchev–Trinajstić information content (AvgIpc) is 2.88. The van der Waals surface area contributed by atoms with Crippen LogP contribution in [0.4, 0.5) is 5.82 Å². The molecule has 1 aliphatic heterocycles. The standard InChI is InChI=1S/C15H23N3O/c1-4-11(2)17-15-13(7-5-9-16-15)14-8-6-10-18(14)12(3)19/h5,7,9,11,14H,4,6,8,10H2,1-3H3,(H,16,17)/t11-,14-/m1/s1. The summed E-state index contributed by atoms with van der Waals surface area (Å²) in [7, 11) is 0. The van der Waals surface area contributed by atoms with E-state index in [-0.39, 0.29) is 11.9 Å². The summed E-state index contributed by atoms with van der Waals surface area (Å²) in [4.78, 5) is 18.1. The number of nitrogens with zero attached hydrogens (tertiary/aromatic N) is 2. The van der Waals surface area contributed by atoms with E-state index in [1.165, 1.54) is 0 Å². The van der Waals surface area contributed by atoms with Crippen molar-refractivity contribution in [1.29, 1.82) is 0 Å². The number of nitrogens with one attached hydrogen (secondary N) is 1. The number of hydrogen-bond donors (Lipinski definition) is 1. The van der Waals surface area contributed by atoms with Gasteiger partial charge in [0.25, 0.3) is 0 Å². The predicted octanol–water partition coefficient (Wildman–Crippen LogP) is 2.98. The van der Waals surface area contributed by atoms with Crippen LogP contribution >= 0.6 is 0 Å². The number of hydrogen-bond acceptors (Lipinski definition) is 3. The molecule has 2 rings (SSSR count). The third-order valence-corrected chi connectivity index (χ3v) is 3.85. The Morgan fingerprint density at radius 3 is 3.11 bits per heavy atom. The van der Waals surface area contributed by atoms with Crippen LogP contribution in [-0.2, 0) is 4.79 Å². The molecular weight excluding hydrogens is 238 g/mol. The Morgan fingerprint density at radius 2 is 2.42 bits per heavy atom. The minimum atomic E-state index is 0.154. The van der Waals surface area contributed by atoms with Crippen LogP contribution in [0, 0.1) is 0 Å². The molecule has 1 aromatic rings. The summed E-state index contributed by atoms with van der Waals surface area (Å²) in [5.74, 6) is 1.08. The van der Waals surface area contributed by atoms with Crippen molar-refractivity contribution in [2.75, 3.05) is 11.9 Å². The molecule has 1 aliphatic rings. The summed E-state index contributed by atoms with van der Waals surface area (Å²) >= 11 is 0. The van der Waals surface area contributed by atoms with Gasteiger partial charge in [0, 0.05) is 31.3 Å². The first kappa shape index (κ1) is 13.8. The Morgan fingerprint density at radius 1 is 1.63 bits per heavy atom. The van der Waals surface area contributed by atoms with Gasteiger partial charge in [-0.25, -0.2) is 4.98 Å². The second-order valence-corrected chi connectivity index (χ2v) is 5.27. The molecule has 4 heteroatoms. The van der Waals surface area contributed by atoms with Gasteiger partial charge in [-0.2, -0.15) is 0 Å². The minimum Gasteiger partial charge on any atom is -0.367 e. The molecule has 0 saturated carbocycles. The number of carbonyl (C=O) groups excluding carboxylic acids is 1. The monoisotopic (exact) mass is 261 g/mol. The second kappa shape index (κ2) is 6.04. The smallest absolute Gasteiger partial charge is 0.219 e. The first-order chi connectivity index (χ1) is 9.13. The Hall–Kier alpha value is -1.58. The van der Waals surface area contributed by atoms with Crippen LogP contribution in [0.2, 0.25) is 0 Å². The van der Waals surface area contributed by atoms with Crippen molar-refractivity contribution in [2.24, 2.45) is 0 Å². The lowest BCUT2D eigenvalue weighted by atomic mass is 10.0. The van der Waals surface area contributed by atoms with Crippen molar-refractivity contribution in [1.82, 2.24) is 9.88 Å². The van der Waals surface area contributed by atoms with Crippen molar-refractivity contribution in [2.45, 2.75) is 52.1 Å². The number of rotatable bonds is 4. The molecule has 0 aliphatic carbocycles. The van der Waals surface area contributed by atoms with E-state index in [9.17, 15) is 4.79 Å². The van der Waals surface area contributed by atoms with E-state index in [0.29, 0.717) is 6.04 Å². The molecule has 0 bridgehead atoms. The predicted molar refractivity (Wildman–Crippen MR) is 77.0 cm³/mol. The molecule has 1 amide bonds. The van der Waals surface area contributed by atoms with Crippen LogP contribution in [0.25, 0.3) is 0 Å². The van der Waals surface area contributed by atoms with Crippen molar-refractivity contribution < 1.29 is 4.79 Å². The SMILES string of the molecule is CC[C@@H](C)Nc1ncccc1[C@H]1CCCN1C(C)=O. The average molecular weight is 261 g/mol. The summed E-state index contributed by atoms with van der Waals surface area (Å²) in [5.41, 5.74) is 1.15. The Kier molecular flexibility index (Phi) is 4.40. The highest BCUT2D eigenvalue weighted by molar-refractivity contribution is 5.74. The van der Waals surface area contributed by atoms with E-state index in [2.05, 4.69) is 30.2 Å². The van der Waals surface area contributed by atoms with Crippen LogP contribution < -0.4 is 5.32 Å². The van der Waals surface area contributed by atoms with Gasteiger partial charge in [0.15, 0.2) is 0 Å². The quantitative estimate of drug-likeness (QED) is 0.906. The zero-order valence-electron chi connectivity index (χ0n) is 12.0. The van der Waals surface area contributed by atoms with Gasteiger partial charge in [0.1, 0.15) is 5.82 Å². The van der Waals surface area contributed by atoms with Crippen molar-refractivity contribution >= 4 is 11.7 Å². The highest BCUT2D eigenvalue weighted by Crippen LogP contribution is 2.35. The Bertz CT molecular complexity index is 447. The minimum absolute atomic E-state index is 0.154. The fraction of sp³-hybridized carbons (Fsp3) is 0.600. The Balaban J connectivity index is 2.26. The molecular formula is C15H23N3O. The number of amides is 1. The van der Waals surface area contributed by atoms with E-state index in [4.69, 9.17) is 0 Å². The normalized spacial score (nSPS) is 20.4. The molecule has 2 heterocycles. The van der Waals surface area contributed by atoms with Gasteiger partial charge in [-0.1, -0.05) is 13.0 Å². The molecule has 1 N–H and O–H groups in total. The second-order valence-electron chi connectivity index (χ2n) is 5.27. The summed E-state index contributed by atoms with van der Waals surface area (Å²) in [6.07, 6.45) is 4.96. The van der Waals surface area contributed by atoms with Gasteiger partial charge in [0.05, 0.1) is 6.04 Å². The van der Waals surface area contributed by atoms with E-state index in [1.807, 2.05) is 11.0 Å². The van der Waals surface area contributed by atoms with Gasteiger partial charge >= 0.3 is 0 Å². The lowest BCUT2D eigenvalue weighted by Gasteiger charge is -2.26. The summed E-state index contributed by atoms with van der Waals surface area (Å²) in [6.45, 7) is 6.81. The summed E-state index contributed by atoms with van der Waals surface area (Å²) in [5, 5.41) is 3.45. The molecule has 4 nitrogen and oxygen atoms in total. The largest absolute Gasteiger partial charge is 0.367 e. The van der Waals surface area contributed by atoms with Crippen molar-refractivity contribution in [3.63, 3.8) is 0 Å². The number of pyridine rings is 1. The van der Waals surface area contributed by atoms with Gasteiger partial charge in [0.2, 0.25) is 5.91 Å². The first-order valence-corrected chi connectivity index (χ1v) is 7.12. The molecule has 19 heavy (non-hydrogen) atoms. The van der Waals surface area contributed by atoms with Crippen molar-refractivity contribution in [3.05, 3.63) is 23.9 Å². The molecule has 1 saturated heterocycles. The molecule has 0 radical (unpaired) electrons. The van der Waals surface area contributed by atoms with E-state index >= 15 is 0 Å². The zero-order chi connectivity index (χ0) is 13.8. The number of anilines is 1. The molecule has 0 aromatic carbocycles. The molecule has 0 spiro atoms. The molecule has 1 aromatic heterocycles. The van der Waals surface area contributed by atoms with Gasteiger partial charge in [-0.05, 0) is 32.3 Å². The maximum absolute atomic E-state index is 11.7. The topological polar surface area (TPSA) is 45.2 Å². The summed E-state index contributed by atoms with van der Waals surface area (Å²) < 4.78 is 0. The van der Waals surface area contributed by atoms with Crippen LogP contribution in [0.3, 0.4) is 0 Å². The molecule has 104 valence electrons. The highest BCUT2D eigenvalue weighted by Gasteiger charge is 2.29. The lowest BCUT2D eigenvalue weighted by Crippen LogP contribution is -2.29. The fourth-order valence-corrected chi connectivity index (χ4v) is 2.61. The highest BCUT2D eigenvalue weighted by atomic mass is 16.2. The van der Waals surface area contributed by atoms with Crippen molar-refractivity contribution in [3.8, 4) is 0 Å². The molecule has 2 atom stereocenters. The lowest BCUT2D eigenvalue weighted by molar-refractivity contribution is -0.129. The number of aromatic nitrogens is 1. The third kappa shape index (κ3) is 3.06. The molecule has 1 fully saturated rings. The van der Waals surface area contributed by atoms with Gasteiger partial charge in [-0.15, -0.1) is 0 Å². The summed E-state index contributed by atoms with van der Waals surface area (Å²) in [6, 6.07) is 4.61. The van der Waals surface area contributed by atoms with Crippen LogP contribution in [0.15, 0.2) is 18.3 Å². The first-order valence-electron chi connectivity index (χ1n) is 7.12. The zero-order valence-corrected chi connectivity index (χ0v) is 12.0. The van der Waals surface area contributed by atoms with Crippen LogP contribution in [0.1, 0.15) is 51.6 Å². The Labute approximate surface area is 115 Å². The third-order valence-electron chi connectivity index (χ3n) is 3.85. The van der Waals surface area contributed by atoms with Crippen LogP contribution in [0.5, 0.6) is 0 Å². The van der Waals surface area contributed by atoms with E-state index in [0.717, 1.165) is 37.2 Å². The van der Waals surface area contributed by atoms with E-state index < -0.39 is 0 Å². The van der Waals surface area contributed by atoms with E-state index in [1.54, 1.807) is 13.1 Å². The maximum Gasteiger partial charge on any atom is 0.219 e. The van der Waals surface area contributed by atoms with Gasteiger partial charge in [-0.3, -0.25) is 4.79 Å².